The molecule has 0 saturated carbocycles. The Morgan fingerprint density at radius 2 is 1.82 bits per heavy atom. The van der Waals surface area contributed by atoms with Gasteiger partial charge in [0.05, 0.1) is 24.6 Å². The number of hydrogen-bond acceptors (Lipinski definition) is 7. The van der Waals surface area contributed by atoms with Crippen LogP contribution in [0, 0.1) is 17.8 Å². The Balaban J connectivity index is 1.83. The standard InChI is InChI=1S/C29H40N4O6S/c1-22(2)20-26(28(34)31-33(40(3,36)37)21-24-15-17-30-18-16-24)25(13-9-12-23-10-5-4-6-11-23)29(35)32-39-27-14-7-8-19-38-27/h4-6,9-12,15-18,22,25-27H,7-8,13-14,19-21H2,1-3H3,(H,31,34)(H,32,35)/b12-9+/t25-,26+,27?/m0/s1. The lowest BCUT2D eigenvalue weighted by Crippen LogP contribution is -2.50. The van der Waals surface area contributed by atoms with Crippen molar-refractivity contribution in [3.05, 3.63) is 72.1 Å². The fourth-order valence-electron chi connectivity index (χ4n) is 4.43. The molecule has 11 heteroatoms. The van der Waals surface area contributed by atoms with E-state index in [1.165, 1.54) is 0 Å². The molecule has 2 amide bonds. The molecule has 218 valence electrons. The van der Waals surface area contributed by atoms with Gasteiger partial charge < -0.3 is 4.74 Å². The van der Waals surface area contributed by atoms with Gasteiger partial charge in [-0.15, -0.1) is 4.41 Å². The number of aromatic nitrogens is 1. The van der Waals surface area contributed by atoms with Crippen LogP contribution in [-0.2, 0) is 35.7 Å². The smallest absolute Gasteiger partial charge is 0.247 e. The van der Waals surface area contributed by atoms with Gasteiger partial charge in [-0.05, 0) is 54.9 Å². The molecule has 2 N–H and O–H groups in total. The van der Waals surface area contributed by atoms with Crippen LogP contribution < -0.4 is 10.9 Å². The fraction of sp³-hybridized carbons (Fsp3) is 0.483. The van der Waals surface area contributed by atoms with Gasteiger partial charge in [0.2, 0.25) is 21.8 Å². The quantitative estimate of drug-likeness (QED) is 0.330. The first-order valence-electron chi connectivity index (χ1n) is 13.6. The Hall–Kier alpha value is -3.12. The number of sulfonamides is 1. The molecular weight excluding hydrogens is 532 g/mol. The highest BCUT2D eigenvalue weighted by Crippen LogP contribution is 2.26. The first kappa shape index (κ1) is 31.4. The summed E-state index contributed by atoms with van der Waals surface area (Å²) in [5.74, 6) is -2.63. The number of ether oxygens (including phenoxy) is 1. The molecule has 1 fully saturated rings. The summed E-state index contributed by atoms with van der Waals surface area (Å²) in [6.45, 7) is 4.38. The zero-order valence-electron chi connectivity index (χ0n) is 23.4. The third-order valence-electron chi connectivity index (χ3n) is 6.52. The average Bonchev–Trinajstić information content (AvgIpc) is 2.94. The molecular formula is C29H40N4O6S. The Morgan fingerprint density at radius 3 is 2.45 bits per heavy atom. The molecule has 3 atom stereocenters. The Bertz CT molecular complexity index is 1200. The number of nitrogens with zero attached hydrogens (tertiary/aromatic N) is 2. The summed E-state index contributed by atoms with van der Waals surface area (Å²) < 4.78 is 31.7. The highest BCUT2D eigenvalue weighted by molar-refractivity contribution is 7.88. The molecule has 40 heavy (non-hydrogen) atoms. The van der Waals surface area contributed by atoms with Gasteiger partial charge in [0, 0.05) is 25.4 Å². The van der Waals surface area contributed by atoms with Crippen molar-refractivity contribution in [2.24, 2.45) is 17.8 Å². The van der Waals surface area contributed by atoms with Gasteiger partial charge >= 0.3 is 0 Å². The topological polar surface area (TPSA) is 127 Å². The molecule has 1 aliphatic heterocycles. The maximum absolute atomic E-state index is 13.7. The highest BCUT2D eigenvalue weighted by Gasteiger charge is 2.36. The van der Waals surface area contributed by atoms with Crippen molar-refractivity contribution in [3.63, 3.8) is 0 Å². The van der Waals surface area contributed by atoms with Crippen molar-refractivity contribution in [1.29, 1.82) is 0 Å². The second-order valence-electron chi connectivity index (χ2n) is 10.4. The number of hydrazine groups is 1. The molecule has 3 rings (SSSR count). The summed E-state index contributed by atoms with van der Waals surface area (Å²) in [6, 6.07) is 13.0. The molecule has 1 aliphatic rings. The van der Waals surface area contributed by atoms with Crippen LogP contribution in [0.25, 0.3) is 6.08 Å². The third-order valence-corrected chi connectivity index (χ3v) is 7.55. The lowest BCUT2D eigenvalue weighted by molar-refractivity contribution is -0.203. The Labute approximate surface area is 237 Å². The van der Waals surface area contributed by atoms with E-state index in [0.717, 1.165) is 29.1 Å². The number of carbonyl (C=O) groups is 2. The molecule has 2 heterocycles. The van der Waals surface area contributed by atoms with Gasteiger partial charge in [-0.25, -0.2) is 18.7 Å². The van der Waals surface area contributed by atoms with Crippen LogP contribution >= 0.6 is 0 Å². The zero-order valence-corrected chi connectivity index (χ0v) is 24.2. The second-order valence-corrected chi connectivity index (χ2v) is 12.3. The second kappa shape index (κ2) is 15.6. The normalized spacial score (nSPS) is 17.6. The van der Waals surface area contributed by atoms with Gasteiger partial charge in [-0.2, -0.15) is 0 Å². The molecule has 0 bridgehead atoms. The SMILES string of the molecule is CC(C)C[C@@H](C(=O)NN(Cc1ccncc1)S(C)(=O)=O)[C@H](C/C=C/c1ccccc1)C(=O)NOC1CCCCO1. The van der Waals surface area contributed by atoms with Crippen molar-refractivity contribution < 1.29 is 27.6 Å². The van der Waals surface area contributed by atoms with E-state index < -0.39 is 40.0 Å². The molecule has 0 aliphatic carbocycles. The summed E-state index contributed by atoms with van der Waals surface area (Å²) in [4.78, 5) is 36.7. The average molecular weight is 573 g/mol. The van der Waals surface area contributed by atoms with Crippen LogP contribution in [0.15, 0.2) is 60.9 Å². The van der Waals surface area contributed by atoms with E-state index in [1.54, 1.807) is 24.5 Å². The van der Waals surface area contributed by atoms with Crippen molar-refractivity contribution in [2.75, 3.05) is 12.9 Å². The lowest BCUT2D eigenvalue weighted by Gasteiger charge is -2.30. The Kier molecular flexibility index (Phi) is 12.3. The van der Waals surface area contributed by atoms with Crippen molar-refractivity contribution in [3.8, 4) is 0 Å². The fourth-order valence-corrected chi connectivity index (χ4v) is 5.07. The number of rotatable bonds is 14. The van der Waals surface area contributed by atoms with E-state index in [4.69, 9.17) is 9.57 Å². The van der Waals surface area contributed by atoms with E-state index in [0.29, 0.717) is 25.0 Å². The summed E-state index contributed by atoms with van der Waals surface area (Å²) in [5, 5.41) is 0. The maximum atomic E-state index is 13.7. The number of pyridine rings is 1. The molecule has 2 aromatic rings. The van der Waals surface area contributed by atoms with Crippen LogP contribution in [0.3, 0.4) is 0 Å². The molecule has 10 nitrogen and oxygen atoms in total. The number of carbonyl (C=O) groups excluding carboxylic acids is 2. The number of hydroxylamine groups is 1. The van der Waals surface area contributed by atoms with Crippen molar-refractivity contribution in [1.82, 2.24) is 20.3 Å². The highest BCUT2D eigenvalue weighted by atomic mass is 32.2. The first-order chi connectivity index (χ1) is 19.1. The predicted octanol–water partition coefficient (Wildman–Crippen LogP) is 3.83. The van der Waals surface area contributed by atoms with E-state index in [-0.39, 0.29) is 18.9 Å². The van der Waals surface area contributed by atoms with Gasteiger partial charge in [0.1, 0.15) is 0 Å². The number of amides is 2. The zero-order chi connectivity index (χ0) is 29.0. The van der Waals surface area contributed by atoms with Crippen LogP contribution in [0.1, 0.15) is 57.1 Å². The number of nitrogens with one attached hydrogen (secondary N) is 2. The molecule has 1 aromatic carbocycles. The maximum Gasteiger partial charge on any atom is 0.247 e. The van der Waals surface area contributed by atoms with Crippen LogP contribution in [0.2, 0.25) is 0 Å². The molecule has 1 saturated heterocycles. The minimum Gasteiger partial charge on any atom is -0.350 e. The van der Waals surface area contributed by atoms with E-state index >= 15 is 0 Å². The number of benzene rings is 1. The third kappa shape index (κ3) is 10.5. The van der Waals surface area contributed by atoms with Crippen LogP contribution in [-0.4, -0.2) is 48.8 Å². The van der Waals surface area contributed by atoms with E-state index in [1.807, 2.05) is 56.3 Å². The largest absolute Gasteiger partial charge is 0.350 e. The summed E-state index contributed by atoms with van der Waals surface area (Å²) in [7, 11) is -3.82. The molecule has 0 spiro atoms. The summed E-state index contributed by atoms with van der Waals surface area (Å²) in [6.07, 6.45) is 10.4. The van der Waals surface area contributed by atoms with Gasteiger partial charge in [-0.3, -0.25) is 20.0 Å². The molecule has 1 aromatic heterocycles. The monoisotopic (exact) mass is 572 g/mol. The Morgan fingerprint density at radius 1 is 1.10 bits per heavy atom. The van der Waals surface area contributed by atoms with E-state index in [2.05, 4.69) is 15.9 Å². The first-order valence-corrected chi connectivity index (χ1v) is 15.4. The predicted molar refractivity (Wildman–Crippen MR) is 152 cm³/mol. The summed E-state index contributed by atoms with van der Waals surface area (Å²) in [5.41, 5.74) is 6.70. The van der Waals surface area contributed by atoms with Crippen molar-refractivity contribution >= 4 is 27.9 Å². The molecule has 1 unspecified atom stereocenters. The minimum atomic E-state index is -3.82. The molecule has 0 radical (unpaired) electrons. The van der Waals surface area contributed by atoms with Crippen LogP contribution in [0.5, 0.6) is 0 Å². The summed E-state index contributed by atoms with van der Waals surface area (Å²) >= 11 is 0. The van der Waals surface area contributed by atoms with E-state index in [9.17, 15) is 18.0 Å². The van der Waals surface area contributed by atoms with Gasteiger partial charge in [-0.1, -0.05) is 56.3 Å². The van der Waals surface area contributed by atoms with Crippen molar-refractivity contribution in [2.45, 2.75) is 58.8 Å². The van der Waals surface area contributed by atoms with Crippen LogP contribution in [0.4, 0.5) is 0 Å². The lowest BCUT2D eigenvalue weighted by atomic mass is 9.82. The number of allylic oxidation sites excluding steroid dienone is 1. The minimum absolute atomic E-state index is 0.0543. The van der Waals surface area contributed by atoms with Gasteiger partial charge in [0.25, 0.3) is 0 Å². The van der Waals surface area contributed by atoms with Gasteiger partial charge in [0.15, 0.2) is 6.29 Å². The number of hydrogen-bond donors (Lipinski definition) is 2.